The Balaban J connectivity index is 0.000000222. The van der Waals surface area contributed by atoms with Gasteiger partial charge in [0.15, 0.2) is 0 Å². The molecule has 2 N–H and O–H groups in total. The highest BCUT2D eigenvalue weighted by atomic mass is 127. The Bertz CT molecular complexity index is 1400. The summed E-state index contributed by atoms with van der Waals surface area (Å²) in [6.07, 6.45) is 0.622. The lowest BCUT2D eigenvalue weighted by atomic mass is 9.77. The van der Waals surface area contributed by atoms with Gasteiger partial charge >= 0.3 is 19.3 Å². The molecule has 0 spiro atoms. The number of amides is 2. The van der Waals surface area contributed by atoms with E-state index in [0.29, 0.717) is 19.6 Å². The SMILES string of the molecule is CC(C)(C)OC(=O)N[C@H]1CCOc2ccc(B3OC(C)(C)C(C)(C)O3)cc21.CC(C)(C)OC(=O)N[C@H]1CCOc2ccc(I)cc21. The highest BCUT2D eigenvalue weighted by Gasteiger charge is 2.52. The van der Waals surface area contributed by atoms with Crippen molar-refractivity contribution in [1.29, 1.82) is 0 Å². The van der Waals surface area contributed by atoms with Crippen molar-refractivity contribution >= 4 is 47.4 Å². The molecule has 2 amide bonds. The monoisotopic (exact) mass is 750 g/mol. The molecule has 10 nitrogen and oxygen atoms in total. The van der Waals surface area contributed by atoms with Crippen LogP contribution in [0, 0.1) is 3.57 Å². The van der Waals surface area contributed by atoms with Crippen LogP contribution in [0.5, 0.6) is 11.5 Å². The second kappa shape index (κ2) is 13.8. The fourth-order valence-corrected chi connectivity index (χ4v) is 5.62. The summed E-state index contributed by atoms with van der Waals surface area (Å²) in [5, 5.41) is 5.87. The van der Waals surface area contributed by atoms with E-state index in [0.717, 1.165) is 38.1 Å². The first-order chi connectivity index (χ1) is 21.2. The predicted molar refractivity (Wildman–Crippen MR) is 186 cm³/mol. The maximum Gasteiger partial charge on any atom is 0.494 e. The van der Waals surface area contributed by atoms with Crippen LogP contribution in [0.2, 0.25) is 0 Å². The Kier molecular flexibility index (Phi) is 10.8. The number of hydrogen-bond acceptors (Lipinski definition) is 8. The van der Waals surface area contributed by atoms with Gasteiger partial charge in [0, 0.05) is 27.5 Å². The molecular weight excluding hydrogens is 702 g/mol. The molecule has 3 aliphatic rings. The van der Waals surface area contributed by atoms with Gasteiger partial charge in [0.25, 0.3) is 0 Å². The van der Waals surface area contributed by atoms with Crippen LogP contribution < -0.4 is 25.6 Å². The number of rotatable bonds is 3. The van der Waals surface area contributed by atoms with E-state index >= 15 is 0 Å². The van der Waals surface area contributed by atoms with Gasteiger partial charge < -0.3 is 38.9 Å². The maximum atomic E-state index is 12.2. The van der Waals surface area contributed by atoms with Crippen LogP contribution in [-0.2, 0) is 18.8 Å². The highest BCUT2D eigenvalue weighted by Crippen LogP contribution is 2.38. The smallest absolute Gasteiger partial charge is 0.493 e. The van der Waals surface area contributed by atoms with Crippen LogP contribution in [0.3, 0.4) is 0 Å². The van der Waals surface area contributed by atoms with Crippen LogP contribution in [-0.4, -0.2) is 54.9 Å². The first-order valence-corrected chi connectivity index (χ1v) is 16.8. The molecule has 0 aliphatic carbocycles. The number of carbonyl (C=O) groups excluding carboxylic acids is 2. The fraction of sp³-hybridized carbons (Fsp3) is 0.588. The quantitative estimate of drug-likeness (QED) is 0.256. The number of hydrogen-bond donors (Lipinski definition) is 2. The van der Waals surface area contributed by atoms with Gasteiger partial charge in [-0.1, -0.05) is 12.1 Å². The van der Waals surface area contributed by atoms with Crippen molar-refractivity contribution in [2.45, 2.75) is 117 Å². The molecular formula is C34H48BIN2O8. The zero-order valence-corrected chi connectivity index (χ0v) is 30.8. The summed E-state index contributed by atoms with van der Waals surface area (Å²) in [6.45, 7) is 20.4. The van der Waals surface area contributed by atoms with Gasteiger partial charge in [0.2, 0.25) is 0 Å². The summed E-state index contributed by atoms with van der Waals surface area (Å²) in [6, 6.07) is 11.6. The zero-order chi connectivity index (χ0) is 34.1. The number of benzene rings is 2. The lowest BCUT2D eigenvalue weighted by Gasteiger charge is -2.32. The second-order valence-electron chi connectivity index (χ2n) is 14.7. The van der Waals surface area contributed by atoms with Crippen molar-refractivity contribution in [2.24, 2.45) is 0 Å². The number of halogens is 1. The third-order valence-electron chi connectivity index (χ3n) is 7.99. The zero-order valence-electron chi connectivity index (χ0n) is 28.7. The Morgan fingerprint density at radius 3 is 1.65 bits per heavy atom. The molecule has 5 rings (SSSR count). The van der Waals surface area contributed by atoms with Crippen molar-refractivity contribution in [3.63, 3.8) is 0 Å². The van der Waals surface area contributed by atoms with Crippen LogP contribution in [0.15, 0.2) is 36.4 Å². The molecule has 0 bridgehead atoms. The summed E-state index contributed by atoms with van der Waals surface area (Å²) >= 11 is 2.25. The van der Waals surface area contributed by atoms with E-state index < -0.39 is 35.6 Å². The molecule has 0 saturated carbocycles. The van der Waals surface area contributed by atoms with Crippen LogP contribution in [0.4, 0.5) is 9.59 Å². The van der Waals surface area contributed by atoms with Gasteiger partial charge in [0.1, 0.15) is 22.7 Å². The number of carbonyl (C=O) groups is 2. The first kappa shape index (κ1) is 36.1. The van der Waals surface area contributed by atoms with Crippen molar-refractivity contribution in [3.05, 3.63) is 51.1 Å². The molecule has 3 heterocycles. The third kappa shape index (κ3) is 9.44. The lowest BCUT2D eigenvalue weighted by molar-refractivity contribution is 0.00578. The number of nitrogens with one attached hydrogen (secondary N) is 2. The molecule has 2 aromatic rings. The minimum atomic E-state index is -0.539. The Labute approximate surface area is 287 Å². The molecule has 0 radical (unpaired) electrons. The normalized spacial score (nSPS) is 21.2. The van der Waals surface area contributed by atoms with Crippen molar-refractivity contribution in [3.8, 4) is 11.5 Å². The first-order valence-electron chi connectivity index (χ1n) is 15.8. The second-order valence-corrected chi connectivity index (χ2v) is 16.0. The van der Waals surface area contributed by atoms with Gasteiger partial charge in [-0.2, -0.15) is 0 Å². The van der Waals surface area contributed by atoms with Crippen molar-refractivity contribution in [1.82, 2.24) is 10.6 Å². The summed E-state index contributed by atoms with van der Waals surface area (Å²) in [7, 11) is -0.454. The lowest BCUT2D eigenvalue weighted by Crippen LogP contribution is -2.41. The average Bonchev–Trinajstić information content (AvgIpc) is 3.13. The van der Waals surface area contributed by atoms with E-state index in [1.807, 2.05) is 106 Å². The molecule has 252 valence electrons. The third-order valence-corrected chi connectivity index (χ3v) is 8.66. The maximum absolute atomic E-state index is 12.2. The molecule has 1 saturated heterocycles. The van der Waals surface area contributed by atoms with Crippen molar-refractivity contribution in [2.75, 3.05) is 13.2 Å². The predicted octanol–water partition coefficient (Wildman–Crippen LogP) is 6.97. The largest absolute Gasteiger partial charge is 0.494 e. The molecule has 2 atom stereocenters. The van der Waals surface area contributed by atoms with E-state index in [2.05, 4.69) is 33.2 Å². The Morgan fingerprint density at radius 2 is 1.20 bits per heavy atom. The Morgan fingerprint density at radius 1 is 0.761 bits per heavy atom. The number of alkyl carbamates (subject to hydrolysis) is 2. The van der Waals surface area contributed by atoms with E-state index in [-0.39, 0.29) is 18.2 Å². The average molecular weight is 750 g/mol. The molecule has 1 fully saturated rings. The van der Waals surface area contributed by atoms with E-state index in [1.165, 1.54) is 0 Å². The summed E-state index contributed by atoms with van der Waals surface area (Å²) < 4.78 is 35.5. The fourth-order valence-electron chi connectivity index (χ4n) is 5.10. The van der Waals surface area contributed by atoms with Gasteiger partial charge in [-0.3, -0.25) is 0 Å². The molecule has 3 aliphatic heterocycles. The van der Waals surface area contributed by atoms with E-state index in [1.54, 1.807) is 0 Å². The topological polar surface area (TPSA) is 114 Å². The molecule has 12 heteroatoms. The minimum Gasteiger partial charge on any atom is -0.493 e. The number of fused-ring (bicyclic) bond motifs is 2. The Hall–Kier alpha value is -2.71. The summed E-state index contributed by atoms with van der Waals surface area (Å²) in [5.74, 6) is 1.61. The molecule has 0 unspecified atom stereocenters. The van der Waals surface area contributed by atoms with E-state index in [4.69, 9.17) is 28.3 Å². The van der Waals surface area contributed by atoms with Gasteiger partial charge in [-0.25, -0.2) is 9.59 Å². The highest BCUT2D eigenvalue weighted by molar-refractivity contribution is 14.1. The van der Waals surface area contributed by atoms with Crippen LogP contribution >= 0.6 is 22.6 Å². The number of ether oxygens (including phenoxy) is 4. The summed E-state index contributed by atoms with van der Waals surface area (Å²) in [4.78, 5) is 24.1. The summed E-state index contributed by atoms with van der Waals surface area (Å²) in [5.41, 5.74) is 1.01. The van der Waals surface area contributed by atoms with Crippen molar-refractivity contribution < 1.29 is 37.8 Å². The molecule has 2 aromatic carbocycles. The standard InChI is InChI=1S/C20H30BNO5.C14H18INO3/c1-18(2,3)25-17(23)22-15-10-11-24-16-9-8-13(12-14(15)16)21-26-19(4,5)20(6,7)27-21;1-14(2,3)19-13(17)16-11-6-7-18-12-5-4-9(15)8-10(11)12/h8-9,12,15H,10-11H2,1-7H3,(H,22,23);4-5,8,11H,6-7H2,1-3H3,(H,16,17)/t15-;11-/m00/s1. The van der Waals surface area contributed by atoms with E-state index in [9.17, 15) is 9.59 Å². The van der Waals surface area contributed by atoms with Gasteiger partial charge in [-0.05, 0) is 122 Å². The van der Waals surface area contributed by atoms with Gasteiger partial charge in [-0.15, -0.1) is 0 Å². The minimum absolute atomic E-state index is 0.0479. The molecule has 46 heavy (non-hydrogen) atoms. The van der Waals surface area contributed by atoms with Gasteiger partial charge in [0.05, 0.1) is 36.5 Å². The van der Waals surface area contributed by atoms with Crippen LogP contribution in [0.25, 0.3) is 0 Å². The molecule has 0 aromatic heterocycles. The van der Waals surface area contributed by atoms with Crippen LogP contribution in [0.1, 0.15) is 105 Å².